The number of aromatic nitrogens is 2. The van der Waals surface area contributed by atoms with E-state index >= 15 is 0 Å². The predicted molar refractivity (Wildman–Crippen MR) is 245 cm³/mol. The Bertz CT molecular complexity index is 2080. The van der Waals surface area contributed by atoms with Crippen LogP contribution in [-0.4, -0.2) is 74.6 Å². The monoisotopic (exact) mass is 784 g/mol. The number of unbranched alkanes of at least 4 members (excludes halogenated alkanes) is 4. The van der Waals surface area contributed by atoms with E-state index in [-0.39, 0.29) is 11.7 Å². The molecule has 0 saturated carbocycles. The van der Waals surface area contributed by atoms with Crippen LogP contribution in [0.4, 0.5) is 22.7 Å². The van der Waals surface area contributed by atoms with Crippen LogP contribution in [0.25, 0.3) is 43.6 Å². The van der Waals surface area contributed by atoms with Gasteiger partial charge in [0.2, 0.25) is 28.0 Å². The standard InChI is InChI=1S/C49H64N7O2/c1-51(2)40-23-19-36-30-37-20-24-41(52(3)4)33-46(37)55(45(36)32-40)28-13-9-11-16-44(57)17-15-27-50-49(58)18-12-10-14-29-56-47-34-42(53(5)6)25-21-38(47)31-39-22-26-43(54(7)8)35-48(39)56/h19-26,30-35H,9-18,27-29H2,1-8H3/q+1/p+1. The summed E-state index contributed by atoms with van der Waals surface area (Å²) in [5, 5.41) is 8.00. The van der Waals surface area contributed by atoms with E-state index in [4.69, 9.17) is 0 Å². The van der Waals surface area contributed by atoms with Crippen LogP contribution in [0.3, 0.4) is 0 Å². The summed E-state index contributed by atoms with van der Waals surface area (Å²) in [6.45, 7) is 2.34. The van der Waals surface area contributed by atoms with E-state index in [1.807, 2.05) is 0 Å². The van der Waals surface area contributed by atoms with Gasteiger partial charge in [-0.05, 0) is 92.8 Å². The summed E-state index contributed by atoms with van der Waals surface area (Å²) in [5.74, 6) is 0.369. The number of carbonyl (C=O) groups excluding carboxylic acids is 2. The first-order valence-corrected chi connectivity index (χ1v) is 21.2. The summed E-state index contributed by atoms with van der Waals surface area (Å²) in [7, 11) is 16.7. The van der Waals surface area contributed by atoms with Crippen molar-refractivity contribution in [2.24, 2.45) is 0 Å². The lowest BCUT2D eigenvalue weighted by Crippen LogP contribution is -2.36. The Balaban J connectivity index is 0.922. The molecule has 0 atom stereocenters. The van der Waals surface area contributed by atoms with Crippen molar-refractivity contribution in [3.8, 4) is 0 Å². The molecular formula is C49H65N7O2+2. The Hall–Kier alpha value is -5.44. The summed E-state index contributed by atoms with van der Waals surface area (Å²) in [5.41, 5.74) is 9.66. The molecule has 0 aliphatic rings. The van der Waals surface area contributed by atoms with Crippen LogP contribution in [0.5, 0.6) is 0 Å². The number of pyridine rings is 2. The Labute approximate surface area is 345 Å². The van der Waals surface area contributed by atoms with Crippen LogP contribution in [0, 0.1) is 0 Å². The highest BCUT2D eigenvalue weighted by Crippen LogP contribution is 2.27. The Morgan fingerprint density at radius 1 is 0.431 bits per heavy atom. The van der Waals surface area contributed by atoms with Crippen molar-refractivity contribution in [3.05, 3.63) is 84.9 Å². The summed E-state index contributed by atoms with van der Waals surface area (Å²) in [6.07, 6.45) is 8.03. The smallest absolute Gasteiger partial charge is 0.219 e. The fourth-order valence-electron chi connectivity index (χ4n) is 7.97. The third-order valence-corrected chi connectivity index (χ3v) is 11.5. The molecule has 0 spiro atoms. The molecule has 1 amide bonds. The normalized spacial score (nSPS) is 11.4. The van der Waals surface area contributed by atoms with E-state index in [1.54, 1.807) is 0 Å². The number of aryl methyl sites for hydroxylation is 2. The zero-order valence-corrected chi connectivity index (χ0v) is 36.3. The molecule has 2 heterocycles. The third kappa shape index (κ3) is 10.3. The minimum absolute atomic E-state index is 0.0795. The van der Waals surface area contributed by atoms with Crippen molar-refractivity contribution in [1.29, 1.82) is 0 Å². The minimum Gasteiger partial charge on any atom is -0.377 e. The fraction of sp³-hybridized carbons (Fsp3) is 0.429. The average molecular weight is 784 g/mol. The number of hydrogen-bond donors (Lipinski definition) is 1. The second-order valence-corrected chi connectivity index (χ2v) is 16.8. The van der Waals surface area contributed by atoms with Crippen LogP contribution in [0.2, 0.25) is 0 Å². The number of hydrogen-bond acceptors (Lipinski definition) is 6. The van der Waals surface area contributed by atoms with Crippen LogP contribution >= 0.6 is 0 Å². The van der Waals surface area contributed by atoms with Gasteiger partial charge in [0.05, 0.1) is 0 Å². The predicted octanol–water partition coefficient (Wildman–Crippen LogP) is 8.42. The van der Waals surface area contributed by atoms with Gasteiger partial charge >= 0.3 is 0 Å². The number of Topliss-reactive ketones (excluding diaryl/α,β-unsaturated/α-hetero) is 1. The van der Waals surface area contributed by atoms with Gasteiger partial charge in [-0.3, -0.25) is 9.59 Å². The molecule has 306 valence electrons. The van der Waals surface area contributed by atoms with E-state index in [0.717, 1.165) is 51.6 Å². The highest BCUT2D eigenvalue weighted by atomic mass is 16.1. The Morgan fingerprint density at radius 2 is 0.776 bits per heavy atom. The van der Waals surface area contributed by atoms with Gasteiger partial charge in [-0.1, -0.05) is 0 Å². The first-order valence-electron chi connectivity index (χ1n) is 21.2. The first-order chi connectivity index (χ1) is 27.9. The minimum atomic E-state index is 0.0795. The second kappa shape index (κ2) is 19.3. The number of anilines is 4. The molecular weight excluding hydrogens is 719 g/mol. The number of nitrogens with zero attached hydrogens (tertiary/aromatic N) is 6. The van der Waals surface area contributed by atoms with Crippen molar-refractivity contribution in [1.82, 2.24) is 5.32 Å². The van der Waals surface area contributed by atoms with Gasteiger partial charge in [-0.2, -0.15) is 9.13 Å². The van der Waals surface area contributed by atoms with Gasteiger partial charge in [0.15, 0.2) is 0 Å². The molecule has 0 aliphatic heterocycles. The molecule has 0 unspecified atom stereocenters. The number of benzene rings is 4. The maximum Gasteiger partial charge on any atom is 0.219 e. The van der Waals surface area contributed by atoms with Crippen LogP contribution < -0.4 is 34.1 Å². The highest BCUT2D eigenvalue weighted by Gasteiger charge is 2.19. The summed E-state index contributed by atoms with van der Waals surface area (Å²) < 4.78 is 4.91. The lowest BCUT2D eigenvalue weighted by molar-refractivity contribution is -0.646. The average Bonchev–Trinajstić information content (AvgIpc) is 3.20. The second-order valence-electron chi connectivity index (χ2n) is 16.8. The van der Waals surface area contributed by atoms with E-state index in [9.17, 15) is 9.59 Å². The molecule has 0 bridgehead atoms. The number of rotatable bonds is 20. The zero-order chi connectivity index (χ0) is 41.3. The SMILES string of the molecule is CN(C)c1ccc2cc3ccc(N(C)C)cc3[n+](CCCCCC(=O)CCCNC(=O)CCCCC[n+]3c4cc(N(C)C)ccc4cc4ccc(N(C)C)cc43)c2c1. The Morgan fingerprint density at radius 3 is 1.14 bits per heavy atom. The molecule has 4 aromatic carbocycles. The zero-order valence-electron chi connectivity index (χ0n) is 36.3. The van der Waals surface area contributed by atoms with Crippen molar-refractivity contribution < 1.29 is 18.7 Å². The number of amides is 1. The molecule has 1 N–H and O–H groups in total. The largest absolute Gasteiger partial charge is 0.377 e. The van der Waals surface area contributed by atoms with Gasteiger partial charge < -0.3 is 24.9 Å². The number of ketones is 1. The van der Waals surface area contributed by atoms with E-state index in [1.165, 1.54) is 66.4 Å². The molecule has 6 rings (SSSR count). The van der Waals surface area contributed by atoms with E-state index < -0.39 is 0 Å². The number of nitrogens with one attached hydrogen (secondary N) is 1. The van der Waals surface area contributed by atoms with Crippen molar-refractivity contribution in [2.75, 3.05) is 82.5 Å². The molecule has 58 heavy (non-hydrogen) atoms. The fourth-order valence-corrected chi connectivity index (χ4v) is 7.97. The maximum absolute atomic E-state index is 12.8. The quantitative estimate of drug-likeness (QED) is 0.0477. The van der Waals surface area contributed by atoms with Gasteiger partial charge in [-0.15, -0.1) is 0 Å². The first kappa shape index (κ1) is 42.2. The molecule has 0 radical (unpaired) electrons. The highest BCUT2D eigenvalue weighted by molar-refractivity contribution is 5.92. The Kier molecular flexibility index (Phi) is 14.1. The van der Waals surface area contributed by atoms with Crippen molar-refractivity contribution >= 4 is 78.1 Å². The van der Waals surface area contributed by atoms with E-state index in [2.05, 4.69) is 175 Å². The third-order valence-electron chi connectivity index (χ3n) is 11.5. The molecule has 6 aromatic rings. The van der Waals surface area contributed by atoms with Crippen LogP contribution in [0.15, 0.2) is 84.9 Å². The van der Waals surface area contributed by atoms with Gasteiger partial charge in [0.1, 0.15) is 18.9 Å². The van der Waals surface area contributed by atoms with E-state index in [0.29, 0.717) is 32.2 Å². The lowest BCUT2D eigenvalue weighted by atomic mass is 10.1. The summed E-state index contributed by atoms with van der Waals surface area (Å²) >= 11 is 0. The van der Waals surface area contributed by atoms with Crippen LogP contribution in [-0.2, 0) is 22.7 Å². The molecule has 2 aromatic heterocycles. The van der Waals surface area contributed by atoms with Crippen LogP contribution in [0.1, 0.15) is 64.2 Å². The molecule has 0 saturated heterocycles. The van der Waals surface area contributed by atoms with Gasteiger partial charge in [-0.25, -0.2) is 0 Å². The summed E-state index contributed by atoms with van der Waals surface area (Å²) in [6, 6.07) is 31.3. The molecule has 9 heteroatoms. The van der Waals surface area contributed by atoms with Crippen molar-refractivity contribution in [3.63, 3.8) is 0 Å². The lowest BCUT2D eigenvalue weighted by Gasteiger charge is -2.15. The molecule has 0 aliphatic carbocycles. The van der Waals surface area contributed by atoms with Gasteiger partial charge in [0.25, 0.3) is 0 Å². The van der Waals surface area contributed by atoms with Gasteiger partial charge in [0, 0.05) is 164 Å². The molecule has 9 nitrogen and oxygen atoms in total. The number of fused-ring (bicyclic) bond motifs is 4. The maximum atomic E-state index is 12.8. The molecule has 0 fully saturated rings. The number of carbonyl (C=O) groups is 2. The van der Waals surface area contributed by atoms with Crippen molar-refractivity contribution in [2.45, 2.75) is 77.3 Å². The topological polar surface area (TPSA) is 66.9 Å². The summed E-state index contributed by atoms with van der Waals surface area (Å²) in [4.78, 5) is 34.1.